The van der Waals surface area contributed by atoms with E-state index in [1.54, 1.807) is 24.1 Å². The number of nitrogens with one attached hydrogen (secondary N) is 1. The van der Waals surface area contributed by atoms with Crippen molar-refractivity contribution in [2.75, 3.05) is 5.32 Å². The van der Waals surface area contributed by atoms with E-state index in [0.717, 1.165) is 6.42 Å². The third-order valence-electron chi connectivity index (χ3n) is 3.14. The van der Waals surface area contributed by atoms with E-state index in [4.69, 9.17) is 5.11 Å². The number of aryl methyl sites for hydroxylation is 1. The second kappa shape index (κ2) is 4.57. The number of carboxylic acids is 1. The maximum Gasteiger partial charge on any atom is 0.307 e. The van der Waals surface area contributed by atoms with Crippen LogP contribution in [0.25, 0.3) is 0 Å². The van der Waals surface area contributed by atoms with Gasteiger partial charge in [-0.05, 0) is 12.8 Å². The van der Waals surface area contributed by atoms with Gasteiger partial charge < -0.3 is 10.4 Å². The first-order valence-electron chi connectivity index (χ1n) is 5.60. The van der Waals surface area contributed by atoms with Gasteiger partial charge >= 0.3 is 5.97 Å². The number of nitrogens with zero attached hydrogens (tertiary/aromatic N) is 2. The Labute approximate surface area is 98.6 Å². The highest BCUT2D eigenvalue weighted by Gasteiger charge is 2.37. The van der Waals surface area contributed by atoms with Gasteiger partial charge in [0.1, 0.15) is 0 Å². The van der Waals surface area contributed by atoms with E-state index in [1.165, 1.54) is 0 Å². The molecular formula is C11H15N3O3. The molecule has 6 nitrogen and oxygen atoms in total. The Morgan fingerprint density at radius 2 is 2.18 bits per heavy atom. The molecule has 0 unspecified atom stereocenters. The molecule has 17 heavy (non-hydrogen) atoms. The molecule has 0 aliphatic heterocycles. The standard InChI is InChI=1S/C11H15N3O3/c1-14-6-7(5-12-14)13-10(15)8-3-2-4-9(8)11(16)17/h5-6,8-9H,2-4H2,1H3,(H,13,15)(H,16,17)/t8-,9+/m1/s1. The van der Waals surface area contributed by atoms with Crippen LogP contribution in [0.3, 0.4) is 0 Å². The lowest BCUT2D eigenvalue weighted by Crippen LogP contribution is -2.29. The molecule has 2 rings (SSSR count). The van der Waals surface area contributed by atoms with E-state index in [0.29, 0.717) is 18.5 Å². The number of rotatable bonds is 3. The maximum atomic E-state index is 11.9. The minimum absolute atomic E-state index is 0.220. The van der Waals surface area contributed by atoms with Gasteiger partial charge in [-0.2, -0.15) is 5.10 Å². The number of hydrogen-bond acceptors (Lipinski definition) is 3. The maximum absolute atomic E-state index is 11.9. The summed E-state index contributed by atoms with van der Waals surface area (Å²) in [6.45, 7) is 0. The Bertz CT molecular complexity index is 441. The first-order chi connectivity index (χ1) is 8.08. The van der Waals surface area contributed by atoms with Crippen LogP contribution >= 0.6 is 0 Å². The van der Waals surface area contributed by atoms with Gasteiger partial charge in [-0.1, -0.05) is 6.42 Å². The summed E-state index contributed by atoms with van der Waals surface area (Å²) in [5, 5.41) is 15.6. The van der Waals surface area contributed by atoms with Crippen molar-refractivity contribution < 1.29 is 14.7 Å². The highest BCUT2D eigenvalue weighted by molar-refractivity contribution is 5.95. The van der Waals surface area contributed by atoms with Crippen molar-refractivity contribution in [1.82, 2.24) is 9.78 Å². The van der Waals surface area contributed by atoms with Crippen LogP contribution in [0.1, 0.15) is 19.3 Å². The molecular weight excluding hydrogens is 222 g/mol. The van der Waals surface area contributed by atoms with Crippen LogP contribution in [0.4, 0.5) is 5.69 Å². The van der Waals surface area contributed by atoms with Gasteiger partial charge in [0, 0.05) is 13.2 Å². The summed E-state index contributed by atoms with van der Waals surface area (Å²) >= 11 is 0. The molecule has 1 fully saturated rings. The topological polar surface area (TPSA) is 84.2 Å². The number of aromatic nitrogens is 2. The van der Waals surface area contributed by atoms with Gasteiger partial charge in [-0.3, -0.25) is 14.3 Å². The second-order valence-electron chi connectivity index (χ2n) is 4.37. The Morgan fingerprint density at radius 1 is 1.47 bits per heavy atom. The summed E-state index contributed by atoms with van der Waals surface area (Å²) in [5.74, 6) is -2.07. The average Bonchev–Trinajstić information content (AvgIpc) is 2.86. The van der Waals surface area contributed by atoms with Crippen molar-refractivity contribution >= 4 is 17.6 Å². The van der Waals surface area contributed by atoms with Gasteiger partial charge in [0.15, 0.2) is 0 Å². The van der Waals surface area contributed by atoms with E-state index < -0.39 is 17.8 Å². The van der Waals surface area contributed by atoms with Crippen LogP contribution < -0.4 is 5.32 Å². The van der Waals surface area contributed by atoms with E-state index in [9.17, 15) is 9.59 Å². The van der Waals surface area contributed by atoms with Gasteiger partial charge in [0.2, 0.25) is 5.91 Å². The highest BCUT2D eigenvalue weighted by Crippen LogP contribution is 2.32. The molecule has 92 valence electrons. The SMILES string of the molecule is Cn1cc(NC(=O)[C@@H]2CCC[C@@H]2C(=O)O)cn1. The Kier molecular flexibility index (Phi) is 3.12. The van der Waals surface area contributed by atoms with E-state index in [2.05, 4.69) is 10.4 Å². The summed E-state index contributed by atoms with van der Waals surface area (Å²) in [6.07, 6.45) is 5.25. The fourth-order valence-electron chi connectivity index (χ4n) is 2.29. The van der Waals surface area contributed by atoms with Crippen LogP contribution in [-0.2, 0) is 16.6 Å². The van der Waals surface area contributed by atoms with Crippen LogP contribution in [0.5, 0.6) is 0 Å². The number of amides is 1. The molecule has 0 radical (unpaired) electrons. The third kappa shape index (κ3) is 2.46. The molecule has 0 bridgehead atoms. The summed E-state index contributed by atoms with van der Waals surface area (Å²) in [5.41, 5.74) is 0.605. The van der Waals surface area contributed by atoms with Crippen molar-refractivity contribution in [1.29, 1.82) is 0 Å². The largest absolute Gasteiger partial charge is 0.481 e. The summed E-state index contributed by atoms with van der Waals surface area (Å²) in [7, 11) is 1.76. The van der Waals surface area contributed by atoms with Crippen LogP contribution in [0, 0.1) is 11.8 Å². The molecule has 2 atom stereocenters. The van der Waals surface area contributed by atoms with E-state index >= 15 is 0 Å². The molecule has 0 spiro atoms. The molecule has 1 saturated carbocycles. The summed E-state index contributed by atoms with van der Waals surface area (Å²) in [4.78, 5) is 22.9. The molecule has 2 N–H and O–H groups in total. The zero-order chi connectivity index (χ0) is 12.4. The molecule has 1 aromatic heterocycles. The zero-order valence-electron chi connectivity index (χ0n) is 9.59. The summed E-state index contributed by atoms with van der Waals surface area (Å²) in [6, 6.07) is 0. The predicted octanol–water partition coefficient (Wildman–Crippen LogP) is 0.859. The highest BCUT2D eigenvalue weighted by atomic mass is 16.4. The van der Waals surface area contributed by atoms with E-state index in [-0.39, 0.29) is 5.91 Å². The average molecular weight is 237 g/mol. The van der Waals surface area contributed by atoms with Crippen molar-refractivity contribution in [2.45, 2.75) is 19.3 Å². The smallest absolute Gasteiger partial charge is 0.307 e. The molecule has 6 heteroatoms. The molecule has 1 heterocycles. The second-order valence-corrected chi connectivity index (χ2v) is 4.37. The van der Waals surface area contributed by atoms with Gasteiger partial charge in [0.25, 0.3) is 0 Å². The van der Waals surface area contributed by atoms with Crippen LogP contribution in [0.15, 0.2) is 12.4 Å². The van der Waals surface area contributed by atoms with Crippen LogP contribution in [-0.4, -0.2) is 26.8 Å². The third-order valence-corrected chi connectivity index (χ3v) is 3.14. The predicted molar refractivity (Wildman–Crippen MR) is 60.3 cm³/mol. The number of aliphatic carboxylic acids is 1. The number of carboxylic acid groups (broad SMARTS) is 1. The lowest BCUT2D eigenvalue weighted by molar-refractivity contribution is -0.145. The van der Waals surface area contributed by atoms with E-state index in [1.807, 2.05) is 0 Å². The van der Waals surface area contributed by atoms with Crippen molar-refractivity contribution in [3.63, 3.8) is 0 Å². The van der Waals surface area contributed by atoms with Crippen molar-refractivity contribution in [3.8, 4) is 0 Å². The molecule has 0 saturated heterocycles. The Morgan fingerprint density at radius 3 is 2.76 bits per heavy atom. The number of carbonyl (C=O) groups excluding carboxylic acids is 1. The molecule has 1 aliphatic rings. The molecule has 0 aromatic carbocycles. The summed E-state index contributed by atoms with van der Waals surface area (Å²) < 4.78 is 1.58. The Hall–Kier alpha value is -1.85. The monoisotopic (exact) mass is 237 g/mol. The van der Waals surface area contributed by atoms with Gasteiger partial charge in [-0.15, -0.1) is 0 Å². The minimum atomic E-state index is -0.881. The zero-order valence-corrected chi connectivity index (χ0v) is 9.59. The van der Waals surface area contributed by atoms with Gasteiger partial charge in [0.05, 0.1) is 23.7 Å². The van der Waals surface area contributed by atoms with Crippen LogP contribution in [0.2, 0.25) is 0 Å². The Balaban J connectivity index is 2.02. The number of carbonyl (C=O) groups is 2. The molecule has 1 aliphatic carbocycles. The number of anilines is 1. The first kappa shape index (κ1) is 11.6. The number of hydrogen-bond donors (Lipinski definition) is 2. The lowest BCUT2D eigenvalue weighted by atomic mass is 9.95. The minimum Gasteiger partial charge on any atom is -0.481 e. The first-order valence-corrected chi connectivity index (χ1v) is 5.60. The normalized spacial score (nSPS) is 23.6. The van der Waals surface area contributed by atoms with Crippen molar-refractivity contribution in [3.05, 3.63) is 12.4 Å². The molecule has 1 amide bonds. The molecule has 1 aromatic rings. The van der Waals surface area contributed by atoms with Gasteiger partial charge in [-0.25, -0.2) is 0 Å². The quantitative estimate of drug-likeness (QED) is 0.816. The fourth-order valence-corrected chi connectivity index (χ4v) is 2.29. The fraction of sp³-hybridized carbons (Fsp3) is 0.545. The lowest BCUT2D eigenvalue weighted by Gasteiger charge is -2.14. The van der Waals surface area contributed by atoms with Crippen molar-refractivity contribution in [2.24, 2.45) is 18.9 Å².